The molecule has 6 nitrogen and oxygen atoms in total. The van der Waals surface area contributed by atoms with Gasteiger partial charge in [0, 0.05) is 24.6 Å². The minimum absolute atomic E-state index is 0.0691. The van der Waals surface area contributed by atoms with E-state index in [4.69, 9.17) is 4.74 Å². The van der Waals surface area contributed by atoms with Gasteiger partial charge in [-0.2, -0.15) is 0 Å². The van der Waals surface area contributed by atoms with Crippen LogP contribution in [0.2, 0.25) is 0 Å². The molecule has 120 valence electrons. The highest BCUT2D eigenvalue weighted by molar-refractivity contribution is 5.50. The molecule has 1 aliphatic heterocycles. The normalized spacial score (nSPS) is 17.3. The van der Waals surface area contributed by atoms with Crippen molar-refractivity contribution in [2.45, 2.75) is 19.3 Å². The summed E-state index contributed by atoms with van der Waals surface area (Å²) in [5.41, 5.74) is 2.00. The van der Waals surface area contributed by atoms with Crippen LogP contribution in [0.5, 0.6) is 5.75 Å². The van der Waals surface area contributed by atoms with Crippen LogP contribution in [0.3, 0.4) is 0 Å². The lowest BCUT2D eigenvalue weighted by atomic mass is 9.98. The number of pyridine rings is 1. The van der Waals surface area contributed by atoms with Crippen molar-refractivity contribution in [1.82, 2.24) is 4.98 Å². The maximum atomic E-state index is 10.9. The van der Waals surface area contributed by atoms with Crippen LogP contribution in [0.4, 0.5) is 11.5 Å². The van der Waals surface area contributed by atoms with Crippen molar-refractivity contribution < 1.29 is 9.66 Å². The highest BCUT2D eigenvalue weighted by atomic mass is 16.6. The molecule has 0 N–H and O–H groups in total. The number of anilines is 1. The number of hydrogen-bond acceptors (Lipinski definition) is 5. The topological polar surface area (TPSA) is 68.5 Å². The number of hydrogen-bond donors (Lipinski definition) is 0. The van der Waals surface area contributed by atoms with Gasteiger partial charge in [0.1, 0.15) is 17.8 Å². The van der Waals surface area contributed by atoms with Crippen LogP contribution in [0.25, 0.3) is 0 Å². The molecule has 3 rings (SSSR count). The van der Waals surface area contributed by atoms with Crippen molar-refractivity contribution in [1.29, 1.82) is 0 Å². The monoisotopic (exact) mass is 313 g/mol. The highest BCUT2D eigenvalue weighted by Gasteiger charge is 2.25. The van der Waals surface area contributed by atoms with Crippen molar-refractivity contribution in [2.24, 2.45) is 0 Å². The van der Waals surface area contributed by atoms with Crippen LogP contribution in [0.15, 0.2) is 36.5 Å². The molecule has 1 aromatic carbocycles. The molecule has 0 amide bonds. The number of nitro groups is 1. The van der Waals surface area contributed by atoms with Gasteiger partial charge in [-0.3, -0.25) is 10.1 Å². The molecule has 1 unspecified atom stereocenters. The summed E-state index contributed by atoms with van der Waals surface area (Å²) in [5, 5.41) is 10.9. The molecule has 0 saturated carbocycles. The zero-order valence-electron chi connectivity index (χ0n) is 13.2. The van der Waals surface area contributed by atoms with Crippen LogP contribution >= 0.6 is 0 Å². The molecule has 2 aromatic rings. The summed E-state index contributed by atoms with van der Waals surface area (Å²) in [7, 11) is 1.66. The number of methoxy groups -OCH3 is 1. The summed E-state index contributed by atoms with van der Waals surface area (Å²) in [6, 6.07) is 9.95. The molecule has 0 spiro atoms. The van der Waals surface area contributed by atoms with Crippen molar-refractivity contribution in [2.75, 3.05) is 25.1 Å². The molecule has 1 saturated heterocycles. The van der Waals surface area contributed by atoms with E-state index in [9.17, 15) is 10.1 Å². The largest absolute Gasteiger partial charge is 0.497 e. The quantitative estimate of drug-likeness (QED) is 0.640. The standard InChI is InChI=1S/C17H19N3O3/c1-12-9-17(18-10-16(12)20(21)22)19-8-7-14(11-19)13-3-5-15(23-2)6-4-13/h3-6,9-10,14H,7-8,11H2,1-2H3. The molecule has 1 aliphatic rings. The maximum Gasteiger partial charge on any atom is 0.290 e. The maximum absolute atomic E-state index is 10.9. The first-order valence-corrected chi connectivity index (χ1v) is 7.58. The highest BCUT2D eigenvalue weighted by Crippen LogP contribution is 2.32. The van der Waals surface area contributed by atoms with Gasteiger partial charge in [0.25, 0.3) is 5.69 Å². The number of nitrogens with zero attached hydrogens (tertiary/aromatic N) is 3. The molecule has 1 aromatic heterocycles. The van der Waals surface area contributed by atoms with E-state index in [1.54, 1.807) is 20.1 Å². The van der Waals surface area contributed by atoms with E-state index < -0.39 is 4.92 Å². The van der Waals surface area contributed by atoms with E-state index >= 15 is 0 Å². The van der Waals surface area contributed by atoms with Gasteiger partial charge in [0.05, 0.1) is 12.0 Å². The first kappa shape index (κ1) is 15.3. The summed E-state index contributed by atoms with van der Waals surface area (Å²) in [4.78, 5) is 16.9. The van der Waals surface area contributed by atoms with Gasteiger partial charge in [0.15, 0.2) is 0 Å². The van der Waals surface area contributed by atoms with Gasteiger partial charge in [-0.25, -0.2) is 4.98 Å². The third-order valence-corrected chi connectivity index (χ3v) is 4.36. The minimum Gasteiger partial charge on any atom is -0.497 e. The van der Waals surface area contributed by atoms with Gasteiger partial charge in [-0.1, -0.05) is 12.1 Å². The zero-order valence-corrected chi connectivity index (χ0v) is 13.2. The number of aromatic nitrogens is 1. The Morgan fingerprint density at radius 1 is 1.35 bits per heavy atom. The van der Waals surface area contributed by atoms with Gasteiger partial charge in [0.2, 0.25) is 0 Å². The Bertz CT molecular complexity index is 716. The fourth-order valence-electron chi connectivity index (χ4n) is 3.01. The summed E-state index contributed by atoms with van der Waals surface area (Å²) >= 11 is 0. The van der Waals surface area contributed by atoms with Gasteiger partial charge in [-0.15, -0.1) is 0 Å². The third-order valence-electron chi connectivity index (χ3n) is 4.36. The predicted octanol–water partition coefficient (Wildman–Crippen LogP) is 3.30. The van der Waals surface area contributed by atoms with Crippen LogP contribution in [0, 0.1) is 17.0 Å². The van der Waals surface area contributed by atoms with Crippen LogP contribution in [0.1, 0.15) is 23.5 Å². The van der Waals surface area contributed by atoms with Gasteiger partial charge in [-0.05, 0) is 37.1 Å². The molecular weight excluding hydrogens is 294 g/mol. The van der Waals surface area contributed by atoms with Crippen molar-refractivity contribution in [3.8, 4) is 5.75 Å². The van der Waals surface area contributed by atoms with Gasteiger partial charge >= 0.3 is 0 Å². The smallest absolute Gasteiger partial charge is 0.290 e. The number of benzene rings is 1. The Kier molecular flexibility index (Phi) is 4.14. The van der Waals surface area contributed by atoms with Crippen LogP contribution in [-0.2, 0) is 0 Å². The fraction of sp³-hybridized carbons (Fsp3) is 0.353. The average Bonchev–Trinajstić information content (AvgIpc) is 3.04. The molecule has 1 atom stereocenters. The summed E-state index contributed by atoms with van der Waals surface area (Å²) in [5.74, 6) is 2.11. The van der Waals surface area contributed by atoms with Gasteiger partial charge < -0.3 is 9.64 Å². The van der Waals surface area contributed by atoms with E-state index in [1.165, 1.54) is 11.8 Å². The summed E-state index contributed by atoms with van der Waals surface area (Å²) in [6.07, 6.45) is 2.40. The molecule has 0 aliphatic carbocycles. The summed E-state index contributed by atoms with van der Waals surface area (Å²) in [6.45, 7) is 3.53. The molecule has 23 heavy (non-hydrogen) atoms. The summed E-state index contributed by atoms with van der Waals surface area (Å²) < 4.78 is 5.19. The lowest BCUT2D eigenvalue weighted by molar-refractivity contribution is -0.385. The third kappa shape index (κ3) is 3.11. The Hall–Kier alpha value is -2.63. The van der Waals surface area contributed by atoms with Crippen molar-refractivity contribution >= 4 is 11.5 Å². The number of rotatable bonds is 4. The molecule has 0 radical (unpaired) electrons. The van der Waals surface area contributed by atoms with E-state index in [1.807, 2.05) is 12.1 Å². The number of ether oxygens (including phenoxy) is 1. The second-order valence-electron chi connectivity index (χ2n) is 5.79. The molecule has 2 heterocycles. The molecular formula is C17H19N3O3. The molecule has 6 heteroatoms. The first-order chi connectivity index (χ1) is 11.1. The Balaban J connectivity index is 1.74. The van der Waals surface area contributed by atoms with E-state index in [2.05, 4.69) is 22.0 Å². The van der Waals surface area contributed by atoms with Crippen LogP contribution in [-0.4, -0.2) is 30.1 Å². The second kappa shape index (κ2) is 6.24. The number of aryl methyl sites for hydroxylation is 1. The lowest BCUT2D eigenvalue weighted by Crippen LogP contribution is -2.20. The van der Waals surface area contributed by atoms with E-state index in [-0.39, 0.29) is 5.69 Å². The van der Waals surface area contributed by atoms with Crippen LogP contribution < -0.4 is 9.64 Å². The molecule has 1 fully saturated rings. The Morgan fingerprint density at radius 3 is 2.70 bits per heavy atom. The Morgan fingerprint density at radius 2 is 2.09 bits per heavy atom. The average molecular weight is 313 g/mol. The van der Waals surface area contributed by atoms with Crippen molar-refractivity contribution in [3.63, 3.8) is 0 Å². The fourth-order valence-corrected chi connectivity index (χ4v) is 3.01. The zero-order chi connectivity index (χ0) is 16.4. The predicted molar refractivity (Wildman–Crippen MR) is 88.2 cm³/mol. The minimum atomic E-state index is -0.393. The SMILES string of the molecule is COc1ccc(C2CCN(c3cc(C)c([N+](=O)[O-])cn3)C2)cc1. The Labute approximate surface area is 134 Å². The van der Waals surface area contributed by atoms with E-state index in [0.717, 1.165) is 31.1 Å². The van der Waals surface area contributed by atoms with Crippen molar-refractivity contribution in [3.05, 3.63) is 57.8 Å². The lowest BCUT2D eigenvalue weighted by Gasteiger charge is -2.18. The molecule has 0 bridgehead atoms. The second-order valence-corrected chi connectivity index (χ2v) is 5.79. The van der Waals surface area contributed by atoms with E-state index in [0.29, 0.717) is 11.5 Å². The first-order valence-electron chi connectivity index (χ1n) is 7.58.